The smallest absolute Gasteiger partial charge is 0.149 e. The van der Waals surface area contributed by atoms with Crippen LogP contribution < -0.4 is 5.32 Å². The first-order valence-corrected chi connectivity index (χ1v) is 6.24. The Kier molecular flexibility index (Phi) is 2.85. The van der Waals surface area contributed by atoms with Crippen LogP contribution in [0.1, 0.15) is 5.01 Å². The van der Waals surface area contributed by atoms with Gasteiger partial charge in [-0.2, -0.15) is 0 Å². The van der Waals surface area contributed by atoms with E-state index in [1.807, 2.05) is 5.38 Å². The number of aromatic nitrogens is 3. The second kappa shape index (κ2) is 4.66. The van der Waals surface area contributed by atoms with Crippen molar-refractivity contribution in [3.8, 4) is 0 Å². The molecule has 3 aromatic rings. The first kappa shape index (κ1) is 11.0. The van der Waals surface area contributed by atoms with E-state index in [-0.39, 0.29) is 5.82 Å². The highest BCUT2D eigenvalue weighted by molar-refractivity contribution is 7.09. The number of anilines is 1. The lowest BCUT2D eigenvalue weighted by Crippen LogP contribution is -2.02. The van der Waals surface area contributed by atoms with Crippen molar-refractivity contribution < 1.29 is 4.39 Å². The summed E-state index contributed by atoms with van der Waals surface area (Å²) in [7, 11) is 0. The number of hydrogen-bond donors (Lipinski definition) is 1. The predicted molar refractivity (Wildman–Crippen MR) is 68.9 cm³/mol. The SMILES string of the molecule is Fc1cccc2c(NCc3nccs3)ncnc12. The number of benzene rings is 1. The normalized spacial score (nSPS) is 10.7. The fraction of sp³-hybridized carbons (Fsp3) is 0.0833. The molecule has 0 atom stereocenters. The summed E-state index contributed by atoms with van der Waals surface area (Å²) in [5.74, 6) is 0.280. The monoisotopic (exact) mass is 260 g/mol. The van der Waals surface area contributed by atoms with Crippen LogP contribution in [0.15, 0.2) is 36.1 Å². The number of hydrogen-bond acceptors (Lipinski definition) is 5. The third kappa shape index (κ3) is 2.02. The molecule has 6 heteroatoms. The molecule has 90 valence electrons. The molecule has 1 aromatic carbocycles. The zero-order valence-electron chi connectivity index (χ0n) is 9.30. The lowest BCUT2D eigenvalue weighted by Gasteiger charge is -2.06. The van der Waals surface area contributed by atoms with Gasteiger partial charge < -0.3 is 5.32 Å². The Hall–Kier alpha value is -2.08. The molecule has 0 aliphatic heterocycles. The number of fused-ring (bicyclic) bond motifs is 1. The van der Waals surface area contributed by atoms with Crippen molar-refractivity contribution in [2.75, 3.05) is 5.32 Å². The van der Waals surface area contributed by atoms with Crippen molar-refractivity contribution in [3.63, 3.8) is 0 Å². The highest BCUT2D eigenvalue weighted by Gasteiger charge is 2.07. The number of halogens is 1. The van der Waals surface area contributed by atoms with Crippen molar-refractivity contribution in [2.45, 2.75) is 6.54 Å². The van der Waals surface area contributed by atoms with E-state index in [2.05, 4.69) is 20.3 Å². The van der Waals surface area contributed by atoms with Gasteiger partial charge in [-0.25, -0.2) is 19.3 Å². The van der Waals surface area contributed by atoms with Crippen LogP contribution in [0.5, 0.6) is 0 Å². The van der Waals surface area contributed by atoms with E-state index in [4.69, 9.17) is 0 Å². The topological polar surface area (TPSA) is 50.7 Å². The van der Waals surface area contributed by atoms with Gasteiger partial charge in [0.1, 0.15) is 28.5 Å². The maximum atomic E-state index is 13.6. The largest absolute Gasteiger partial charge is 0.363 e. The molecule has 2 aromatic heterocycles. The molecule has 18 heavy (non-hydrogen) atoms. The summed E-state index contributed by atoms with van der Waals surface area (Å²) in [6.45, 7) is 0.570. The Morgan fingerprint density at radius 1 is 1.22 bits per heavy atom. The second-order valence-electron chi connectivity index (χ2n) is 3.64. The molecule has 0 aliphatic carbocycles. The molecule has 0 spiro atoms. The van der Waals surface area contributed by atoms with Crippen LogP contribution >= 0.6 is 11.3 Å². The molecule has 0 amide bonds. The van der Waals surface area contributed by atoms with Gasteiger partial charge in [0.05, 0.1) is 6.54 Å². The molecule has 0 saturated heterocycles. The maximum Gasteiger partial charge on any atom is 0.149 e. The van der Waals surface area contributed by atoms with E-state index >= 15 is 0 Å². The van der Waals surface area contributed by atoms with Crippen LogP contribution in [0.25, 0.3) is 10.9 Å². The predicted octanol–water partition coefficient (Wildman–Crippen LogP) is 2.84. The van der Waals surface area contributed by atoms with Gasteiger partial charge in [-0.15, -0.1) is 11.3 Å². The quantitative estimate of drug-likeness (QED) is 0.786. The highest BCUT2D eigenvalue weighted by atomic mass is 32.1. The van der Waals surface area contributed by atoms with E-state index in [0.29, 0.717) is 23.3 Å². The van der Waals surface area contributed by atoms with E-state index in [1.54, 1.807) is 29.7 Å². The van der Waals surface area contributed by atoms with Gasteiger partial charge in [-0.3, -0.25) is 0 Å². The van der Waals surface area contributed by atoms with Crippen molar-refractivity contribution in [1.29, 1.82) is 0 Å². The average molecular weight is 260 g/mol. The van der Waals surface area contributed by atoms with Crippen molar-refractivity contribution in [3.05, 3.63) is 46.9 Å². The second-order valence-corrected chi connectivity index (χ2v) is 4.62. The van der Waals surface area contributed by atoms with Crippen molar-refractivity contribution in [2.24, 2.45) is 0 Å². The van der Waals surface area contributed by atoms with E-state index in [0.717, 1.165) is 5.01 Å². The van der Waals surface area contributed by atoms with E-state index < -0.39 is 0 Å². The minimum absolute atomic E-state index is 0.328. The summed E-state index contributed by atoms with van der Waals surface area (Å²) >= 11 is 1.56. The Labute approximate surface area is 107 Å². The summed E-state index contributed by atoms with van der Waals surface area (Å²) in [4.78, 5) is 12.3. The highest BCUT2D eigenvalue weighted by Crippen LogP contribution is 2.21. The Morgan fingerprint density at radius 3 is 3.00 bits per heavy atom. The molecule has 0 aliphatic rings. The summed E-state index contributed by atoms with van der Waals surface area (Å²) in [5, 5.41) is 6.69. The van der Waals surface area contributed by atoms with Gasteiger partial charge in [0.25, 0.3) is 0 Å². The molecule has 0 bridgehead atoms. The van der Waals surface area contributed by atoms with Crippen LogP contribution in [0.3, 0.4) is 0 Å². The molecular formula is C12H9FN4S. The molecule has 0 radical (unpaired) electrons. The fourth-order valence-electron chi connectivity index (χ4n) is 1.69. The fourth-order valence-corrected chi connectivity index (χ4v) is 2.25. The third-order valence-corrected chi connectivity index (χ3v) is 3.29. The summed E-state index contributed by atoms with van der Waals surface area (Å²) in [6.07, 6.45) is 3.11. The number of nitrogens with zero attached hydrogens (tertiary/aromatic N) is 3. The van der Waals surface area contributed by atoms with E-state index in [9.17, 15) is 4.39 Å². The summed E-state index contributed by atoms with van der Waals surface area (Å²) < 4.78 is 13.6. The van der Waals surface area contributed by atoms with Crippen LogP contribution in [0, 0.1) is 5.82 Å². The van der Waals surface area contributed by atoms with Crippen LogP contribution in [0.4, 0.5) is 10.2 Å². The lowest BCUT2D eigenvalue weighted by molar-refractivity contribution is 0.636. The summed E-state index contributed by atoms with van der Waals surface area (Å²) in [6, 6.07) is 4.83. The number of thiazole rings is 1. The number of nitrogens with one attached hydrogen (secondary N) is 1. The molecular weight excluding hydrogens is 251 g/mol. The van der Waals surface area contributed by atoms with Gasteiger partial charge in [-0.05, 0) is 12.1 Å². The maximum absolute atomic E-state index is 13.6. The van der Waals surface area contributed by atoms with Gasteiger partial charge in [0, 0.05) is 17.0 Å². The molecule has 2 heterocycles. The van der Waals surface area contributed by atoms with Gasteiger partial charge >= 0.3 is 0 Å². The van der Waals surface area contributed by atoms with Gasteiger partial charge in [0.2, 0.25) is 0 Å². The molecule has 4 nitrogen and oxygen atoms in total. The minimum Gasteiger partial charge on any atom is -0.363 e. The zero-order chi connectivity index (χ0) is 12.4. The van der Waals surface area contributed by atoms with Crippen LogP contribution in [0.2, 0.25) is 0 Å². The Morgan fingerprint density at radius 2 is 2.17 bits per heavy atom. The molecule has 0 fully saturated rings. The van der Waals surface area contributed by atoms with E-state index in [1.165, 1.54) is 12.4 Å². The zero-order valence-corrected chi connectivity index (χ0v) is 10.1. The minimum atomic E-state index is -0.341. The molecule has 0 saturated carbocycles. The summed E-state index contributed by atoms with van der Waals surface area (Å²) in [5.41, 5.74) is 0.328. The van der Waals surface area contributed by atoms with Crippen molar-refractivity contribution >= 4 is 28.1 Å². The standard InChI is InChI=1S/C12H9FN4S/c13-9-3-1-2-8-11(9)16-7-17-12(8)15-6-10-14-4-5-18-10/h1-5,7H,6H2,(H,15,16,17). The lowest BCUT2D eigenvalue weighted by atomic mass is 10.2. The number of rotatable bonds is 3. The first-order chi connectivity index (χ1) is 8.84. The van der Waals surface area contributed by atoms with Crippen LogP contribution in [-0.4, -0.2) is 15.0 Å². The van der Waals surface area contributed by atoms with Gasteiger partial charge in [0.15, 0.2) is 0 Å². The van der Waals surface area contributed by atoms with Crippen LogP contribution in [-0.2, 0) is 6.54 Å². The van der Waals surface area contributed by atoms with Crippen molar-refractivity contribution in [1.82, 2.24) is 15.0 Å². The molecule has 3 rings (SSSR count). The van der Waals surface area contributed by atoms with Gasteiger partial charge in [-0.1, -0.05) is 6.07 Å². The average Bonchev–Trinajstić information content (AvgIpc) is 2.90. The molecule has 1 N–H and O–H groups in total. The molecule has 0 unspecified atom stereocenters. The Balaban J connectivity index is 1.94. The Bertz CT molecular complexity index is 669. The third-order valence-electron chi connectivity index (χ3n) is 2.51. The first-order valence-electron chi connectivity index (χ1n) is 5.36. The number of para-hydroxylation sites is 1.